The maximum Gasteiger partial charge on any atom is 0.223 e. The molecule has 1 aromatic rings. The van der Waals surface area contributed by atoms with Gasteiger partial charge in [-0.05, 0) is 43.5 Å². The van der Waals surface area contributed by atoms with E-state index in [9.17, 15) is 4.79 Å². The fourth-order valence-electron chi connectivity index (χ4n) is 2.28. The molecule has 0 saturated heterocycles. The third kappa shape index (κ3) is 8.25. The quantitative estimate of drug-likeness (QED) is 0.732. The van der Waals surface area contributed by atoms with Crippen molar-refractivity contribution in [2.24, 2.45) is 5.73 Å². The summed E-state index contributed by atoms with van der Waals surface area (Å²) in [6, 6.07) is 6.14. The molecule has 1 unspecified atom stereocenters. The standard InChI is InChI=1S/C17H28N2O2.ClH/c1-4-5-6-15(12-18)19-17(20)7-8-21-16-10-13(2)9-14(3)11-16;/h9-11,15H,4-8,12,18H2,1-3H3,(H,19,20);1H. The van der Waals surface area contributed by atoms with Crippen molar-refractivity contribution in [3.63, 3.8) is 0 Å². The molecule has 0 aliphatic rings. The number of halogens is 1. The zero-order chi connectivity index (χ0) is 15.7. The summed E-state index contributed by atoms with van der Waals surface area (Å²) in [6.07, 6.45) is 3.50. The second-order valence-corrected chi connectivity index (χ2v) is 5.56. The Labute approximate surface area is 140 Å². The van der Waals surface area contributed by atoms with Gasteiger partial charge in [-0.25, -0.2) is 0 Å². The number of hydrogen-bond acceptors (Lipinski definition) is 3. The average Bonchev–Trinajstić information content (AvgIpc) is 2.42. The molecule has 1 amide bonds. The molecule has 0 aliphatic carbocycles. The average molecular weight is 329 g/mol. The summed E-state index contributed by atoms with van der Waals surface area (Å²) in [5, 5.41) is 2.97. The van der Waals surface area contributed by atoms with Gasteiger partial charge < -0.3 is 15.8 Å². The fourth-order valence-corrected chi connectivity index (χ4v) is 2.28. The summed E-state index contributed by atoms with van der Waals surface area (Å²) in [6.45, 7) is 7.08. The van der Waals surface area contributed by atoms with Gasteiger partial charge in [0.1, 0.15) is 5.75 Å². The lowest BCUT2D eigenvalue weighted by molar-refractivity contribution is -0.122. The van der Waals surface area contributed by atoms with E-state index >= 15 is 0 Å². The molecule has 0 radical (unpaired) electrons. The number of hydrogen-bond donors (Lipinski definition) is 2. The number of benzene rings is 1. The van der Waals surface area contributed by atoms with Gasteiger partial charge in [-0.2, -0.15) is 0 Å². The number of ether oxygens (including phenoxy) is 1. The second-order valence-electron chi connectivity index (χ2n) is 5.56. The van der Waals surface area contributed by atoms with Crippen LogP contribution in [-0.2, 0) is 4.79 Å². The largest absolute Gasteiger partial charge is 0.493 e. The third-order valence-electron chi connectivity index (χ3n) is 3.35. The first-order chi connectivity index (χ1) is 10.0. The highest BCUT2D eigenvalue weighted by atomic mass is 35.5. The SMILES string of the molecule is CCCCC(CN)NC(=O)CCOc1cc(C)cc(C)c1.Cl. The molecule has 1 rings (SSSR count). The van der Waals surface area contributed by atoms with Crippen LogP contribution in [0.5, 0.6) is 5.75 Å². The van der Waals surface area contributed by atoms with Crippen molar-refractivity contribution in [1.29, 1.82) is 0 Å². The first kappa shape index (κ1) is 20.7. The summed E-state index contributed by atoms with van der Waals surface area (Å²) >= 11 is 0. The molecule has 4 nitrogen and oxygen atoms in total. The molecular formula is C17H29ClN2O2. The van der Waals surface area contributed by atoms with E-state index < -0.39 is 0 Å². The monoisotopic (exact) mass is 328 g/mol. The summed E-state index contributed by atoms with van der Waals surface area (Å²) in [4.78, 5) is 11.9. The van der Waals surface area contributed by atoms with Crippen LogP contribution in [-0.4, -0.2) is 25.1 Å². The van der Waals surface area contributed by atoms with Crippen LogP contribution in [0.1, 0.15) is 43.7 Å². The van der Waals surface area contributed by atoms with Gasteiger partial charge >= 0.3 is 0 Å². The molecule has 1 atom stereocenters. The molecule has 5 heteroatoms. The van der Waals surface area contributed by atoms with Crippen LogP contribution in [0.3, 0.4) is 0 Å². The highest BCUT2D eigenvalue weighted by Gasteiger charge is 2.10. The minimum absolute atomic E-state index is 0. The molecule has 0 bridgehead atoms. The van der Waals surface area contributed by atoms with Crippen molar-refractivity contribution in [2.75, 3.05) is 13.2 Å². The number of nitrogens with one attached hydrogen (secondary N) is 1. The van der Waals surface area contributed by atoms with Gasteiger partial charge in [0.05, 0.1) is 13.0 Å². The van der Waals surface area contributed by atoms with E-state index in [0.717, 1.165) is 36.1 Å². The zero-order valence-electron chi connectivity index (χ0n) is 13.9. The van der Waals surface area contributed by atoms with Gasteiger partial charge in [-0.1, -0.05) is 25.8 Å². The lowest BCUT2D eigenvalue weighted by Crippen LogP contribution is -2.40. The molecule has 1 aromatic carbocycles. The second kappa shape index (κ2) is 11.3. The van der Waals surface area contributed by atoms with Gasteiger partial charge in [0, 0.05) is 12.6 Å². The molecular weight excluding hydrogens is 300 g/mol. The van der Waals surface area contributed by atoms with Crippen LogP contribution in [0.2, 0.25) is 0 Å². The van der Waals surface area contributed by atoms with Crippen molar-refractivity contribution in [3.05, 3.63) is 29.3 Å². The van der Waals surface area contributed by atoms with Crippen LogP contribution in [0.4, 0.5) is 0 Å². The number of rotatable bonds is 9. The van der Waals surface area contributed by atoms with E-state index in [1.54, 1.807) is 0 Å². The lowest BCUT2D eigenvalue weighted by atomic mass is 10.1. The van der Waals surface area contributed by atoms with E-state index in [2.05, 4.69) is 18.3 Å². The molecule has 22 heavy (non-hydrogen) atoms. The molecule has 0 fully saturated rings. The van der Waals surface area contributed by atoms with Crippen LogP contribution < -0.4 is 15.8 Å². The van der Waals surface area contributed by atoms with Crippen molar-refractivity contribution >= 4 is 18.3 Å². The summed E-state index contributed by atoms with van der Waals surface area (Å²) in [5.41, 5.74) is 8.00. The maximum absolute atomic E-state index is 11.9. The van der Waals surface area contributed by atoms with E-state index in [4.69, 9.17) is 10.5 Å². The van der Waals surface area contributed by atoms with Crippen molar-refractivity contribution in [3.8, 4) is 5.75 Å². The number of carbonyl (C=O) groups excluding carboxylic acids is 1. The Bertz CT molecular complexity index is 432. The van der Waals surface area contributed by atoms with Crippen molar-refractivity contribution in [2.45, 2.75) is 52.5 Å². The Balaban J connectivity index is 0.00000441. The van der Waals surface area contributed by atoms with Crippen LogP contribution in [0, 0.1) is 13.8 Å². The van der Waals surface area contributed by atoms with Gasteiger partial charge in [0.15, 0.2) is 0 Å². The third-order valence-corrected chi connectivity index (χ3v) is 3.35. The van der Waals surface area contributed by atoms with Gasteiger partial charge in [-0.15, -0.1) is 12.4 Å². The van der Waals surface area contributed by atoms with E-state index in [-0.39, 0.29) is 24.4 Å². The molecule has 0 spiro atoms. The van der Waals surface area contributed by atoms with Gasteiger partial charge in [-0.3, -0.25) is 4.79 Å². The maximum atomic E-state index is 11.9. The topological polar surface area (TPSA) is 64.3 Å². The number of unbranched alkanes of at least 4 members (excludes halogenated alkanes) is 1. The van der Waals surface area contributed by atoms with E-state index in [1.165, 1.54) is 0 Å². The van der Waals surface area contributed by atoms with Crippen molar-refractivity contribution < 1.29 is 9.53 Å². The van der Waals surface area contributed by atoms with E-state index in [0.29, 0.717) is 19.6 Å². The van der Waals surface area contributed by atoms with Gasteiger partial charge in [0.25, 0.3) is 0 Å². The molecule has 0 saturated carbocycles. The Kier molecular flexibility index (Phi) is 10.7. The first-order valence-electron chi connectivity index (χ1n) is 7.75. The number of amides is 1. The summed E-state index contributed by atoms with van der Waals surface area (Å²) in [7, 11) is 0. The molecule has 0 heterocycles. The Morgan fingerprint density at radius 2 is 1.91 bits per heavy atom. The predicted octanol–water partition coefficient (Wildman–Crippen LogP) is 3.13. The zero-order valence-corrected chi connectivity index (χ0v) is 14.7. The predicted molar refractivity (Wildman–Crippen MR) is 93.8 cm³/mol. The molecule has 3 N–H and O–H groups in total. The summed E-state index contributed by atoms with van der Waals surface area (Å²) in [5.74, 6) is 0.826. The van der Waals surface area contributed by atoms with Crippen molar-refractivity contribution in [1.82, 2.24) is 5.32 Å². The Hall–Kier alpha value is -1.26. The molecule has 0 aliphatic heterocycles. The van der Waals surface area contributed by atoms with E-state index in [1.807, 2.05) is 26.0 Å². The Morgan fingerprint density at radius 1 is 1.27 bits per heavy atom. The Morgan fingerprint density at radius 3 is 2.45 bits per heavy atom. The first-order valence-corrected chi connectivity index (χ1v) is 7.75. The lowest BCUT2D eigenvalue weighted by Gasteiger charge is -2.16. The number of nitrogens with two attached hydrogens (primary N) is 1. The highest BCUT2D eigenvalue weighted by Crippen LogP contribution is 2.16. The van der Waals surface area contributed by atoms with Crippen LogP contribution in [0.25, 0.3) is 0 Å². The highest BCUT2D eigenvalue weighted by molar-refractivity contribution is 5.85. The minimum Gasteiger partial charge on any atom is -0.493 e. The smallest absolute Gasteiger partial charge is 0.223 e. The number of carbonyl (C=O) groups is 1. The van der Waals surface area contributed by atoms with Crippen LogP contribution >= 0.6 is 12.4 Å². The molecule has 0 aromatic heterocycles. The molecule has 126 valence electrons. The minimum atomic E-state index is 0. The normalized spacial score (nSPS) is 11.5. The fraction of sp³-hybridized carbons (Fsp3) is 0.588. The summed E-state index contributed by atoms with van der Waals surface area (Å²) < 4.78 is 5.64. The number of aryl methyl sites for hydroxylation is 2. The van der Waals surface area contributed by atoms with Gasteiger partial charge in [0.2, 0.25) is 5.91 Å². The van der Waals surface area contributed by atoms with Crippen LogP contribution in [0.15, 0.2) is 18.2 Å².